The van der Waals surface area contributed by atoms with Crippen LogP contribution in [0.1, 0.15) is 201 Å². The SMILES string of the molecule is CC/C=C\C/C=C\C/C=C\C/C=C\C/C=C\CCCCCC(=O)OCC(COCC/C=C\C/C=C\C/C=C\C/C=C\C/C=C\CC)OC(=O)CCCCCCCCC/C=C\C/C=C\C/C=C\CC. The molecule has 0 bridgehead atoms. The highest BCUT2D eigenvalue weighted by Gasteiger charge is 2.17. The molecule has 1 atom stereocenters. The number of hydrogen-bond acceptors (Lipinski definition) is 5. The molecule has 68 heavy (non-hydrogen) atoms. The van der Waals surface area contributed by atoms with E-state index in [1.54, 1.807) is 0 Å². The van der Waals surface area contributed by atoms with Gasteiger partial charge in [0.25, 0.3) is 0 Å². The summed E-state index contributed by atoms with van der Waals surface area (Å²) in [6.45, 7) is 7.21. The Hall–Kier alpha value is -4.48. The molecule has 0 aliphatic rings. The van der Waals surface area contributed by atoms with Gasteiger partial charge in [-0.25, -0.2) is 0 Å². The maximum Gasteiger partial charge on any atom is 0.306 e. The van der Waals surface area contributed by atoms with Crippen molar-refractivity contribution in [3.8, 4) is 0 Å². The van der Waals surface area contributed by atoms with Crippen LogP contribution in [0.3, 0.4) is 0 Å². The Labute approximate surface area is 418 Å². The third-order valence-electron chi connectivity index (χ3n) is 10.6. The molecule has 0 radical (unpaired) electrons. The quantitative estimate of drug-likeness (QED) is 0.0346. The average Bonchev–Trinajstić information content (AvgIpc) is 3.34. The standard InChI is InChI=1S/C63H98O5/c1-4-7-10-13-16-19-22-25-28-31-32-34-35-38-41-44-47-50-53-56-62(64)67-60-61(59-66-58-55-52-49-46-43-40-37-30-27-24-21-18-15-12-9-6-3)68-63(65)57-54-51-48-45-42-39-36-33-29-26-23-20-17-14-11-8-5-2/h7-12,16-21,25-30,32,34,38,40-41,43,49,52,61H,4-6,13-15,22-24,31,33,35-37,39,42,44-48,50-51,53-60H2,1-3H3/b10-7-,11-8-,12-9-,19-16-,20-17-,21-18-,28-25-,29-26-,30-27-,34-32-,41-38-,43-40-,52-49-. The second kappa shape index (κ2) is 56.8. The maximum atomic E-state index is 12.8. The Balaban J connectivity index is 4.50. The predicted octanol–water partition coefficient (Wildman–Crippen LogP) is 18.7. The number of carbonyl (C=O) groups excluding carboxylic acids is 2. The molecule has 0 spiro atoms. The Morgan fingerprint density at radius 1 is 0.324 bits per heavy atom. The molecule has 5 nitrogen and oxygen atoms in total. The molecule has 0 saturated carbocycles. The van der Waals surface area contributed by atoms with Crippen LogP contribution < -0.4 is 0 Å². The molecule has 5 heteroatoms. The van der Waals surface area contributed by atoms with Crippen LogP contribution in [0.2, 0.25) is 0 Å². The van der Waals surface area contributed by atoms with E-state index in [-0.39, 0.29) is 25.2 Å². The first-order chi connectivity index (χ1) is 33.6. The van der Waals surface area contributed by atoms with E-state index in [1.165, 1.54) is 25.7 Å². The Kier molecular flexibility index (Phi) is 53.1. The fourth-order valence-corrected chi connectivity index (χ4v) is 6.67. The van der Waals surface area contributed by atoms with E-state index < -0.39 is 6.10 Å². The van der Waals surface area contributed by atoms with Crippen LogP contribution in [0.15, 0.2) is 158 Å². The lowest BCUT2D eigenvalue weighted by molar-refractivity contribution is -0.162. The summed E-state index contributed by atoms with van der Waals surface area (Å²) in [5, 5.41) is 0. The molecule has 1 unspecified atom stereocenters. The summed E-state index contributed by atoms with van der Waals surface area (Å²) in [6.07, 6.45) is 84.2. The molecule has 0 rings (SSSR count). The lowest BCUT2D eigenvalue weighted by Crippen LogP contribution is -2.30. The predicted molar refractivity (Wildman–Crippen MR) is 297 cm³/mol. The molecular weight excluding hydrogens is 837 g/mol. The summed E-state index contributed by atoms with van der Waals surface area (Å²) < 4.78 is 17.3. The number of carbonyl (C=O) groups is 2. The minimum atomic E-state index is -0.608. The molecular formula is C63H98O5. The summed E-state index contributed by atoms with van der Waals surface area (Å²) in [4.78, 5) is 25.5. The van der Waals surface area contributed by atoms with Gasteiger partial charge in [-0.3, -0.25) is 9.59 Å². The van der Waals surface area contributed by atoms with E-state index >= 15 is 0 Å². The lowest BCUT2D eigenvalue weighted by atomic mass is 10.1. The van der Waals surface area contributed by atoms with Crippen LogP contribution in [0.5, 0.6) is 0 Å². The van der Waals surface area contributed by atoms with Gasteiger partial charge in [0.05, 0.1) is 13.2 Å². The van der Waals surface area contributed by atoms with Gasteiger partial charge in [-0.1, -0.05) is 217 Å². The van der Waals surface area contributed by atoms with Gasteiger partial charge in [-0.15, -0.1) is 0 Å². The lowest BCUT2D eigenvalue weighted by Gasteiger charge is -2.18. The monoisotopic (exact) mass is 935 g/mol. The van der Waals surface area contributed by atoms with E-state index in [9.17, 15) is 9.59 Å². The second-order valence-electron chi connectivity index (χ2n) is 17.0. The minimum absolute atomic E-state index is 0.0226. The van der Waals surface area contributed by atoms with Crippen LogP contribution >= 0.6 is 0 Å². The highest BCUT2D eigenvalue weighted by molar-refractivity contribution is 5.70. The van der Waals surface area contributed by atoms with E-state index in [0.29, 0.717) is 19.4 Å². The van der Waals surface area contributed by atoms with Crippen molar-refractivity contribution in [1.82, 2.24) is 0 Å². The van der Waals surface area contributed by atoms with Gasteiger partial charge in [0.2, 0.25) is 0 Å². The first-order valence-electron chi connectivity index (χ1n) is 27.0. The van der Waals surface area contributed by atoms with Gasteiger partial charge in [0.1, 0.15) is 6.61 Å². The summed E-state index contributed by atoms with van der Waals surface area (Å²) in [6, 6.07) is 0. The molecule has 380 valence electrons. The normalized spacial score (nSPS) is 13.5. The molecule has 0 aliphatic carbocycles. The van der Waals surface area contributed by atoms with Crippen molar-refractivity contribution >= 4 is 11.9 Å². The Morgan fingerprint density at radius 3 is 1.00 bits per heavy atom. The van der Waals surface area contributed by atoms with E-state index in [2.05, 4.69) is 179 Å². The summed E-state index contributed by atoms with van der Waals surface area (Å²) in [7, 11) is 0. The van der Waals surface area contributed by atoms with E-state index in [0.717, 1.165) is 141 Å². The smallest absolute Gasteiger partial charge is 0.306 e. The molecule has 0 saturated heterocycles. The highest BCUT2D eigenvalue weighted by atomic mass is 16.6. The minimum Gasteiger partial charge on any atom is -0.462 e. The number of rotatable bonds is 47. The molecule has 0 aromatic carbocycles. The molecule has 0 aliphatic heterocycles. The van der Waals surface area contributed by atoms with Crippen LogP contribution in [0.4, 0.5) is 0 Å². The van der Waals surface area contributed by atoms with Crippen molar-refractivity contribution in [2.24, 2.45) is 0 Å². The van der Waals surface area contributed by atoms with Crippen molar-refractivity contribution < 1.29 is 23.8 Å². The van der Waals surface area contributed by atoms with Crippen molar-refractivity contribution in [2.45, 2.75) is 207 Å². The summed E-state index contributed by atoms with van der Waals surface area (Å²) in [5.74, 6) is -0.500. The molecule has 0 aromatic rings. The molecule has 0 N–H and O–H groups in total. The van der Waals surface area contributed by atoms with Crippen molar-refractivity contribution in [3.63, 3.8) is 0 Å². The highest BCUT2D eigenvalue weighted by Crippen LogP contribution is 2.12. The van der Waals surface area contributed by atoms with Gasteiger partial charge in [0.15, 0.2) is 6.10 Å². The third kappa shape index (κ3) is 54.1. The Morgan fingerprint density at radius 2 is 0.618 bits per heavy atom. The van der Waals surface area contributed by atoms with Gasteiger partial charge in [-0.2, -0.15) is 0 Å². The second-order valence-corrected chi connectivity index (χ2v) is 17.0. The maximum absolute atomic E-state index is 12.8. The van der Waals surface area contributed by atoms with Crippen LogP contribution in [0.25, 0.3) is 0 Å². The number of unbranched alkanes of at least 4 members (excludes halogenated alkanes) is 10. The van der Waals surface area contributed by atoms with Crippen LogP contribution in [-0.4, -0.2) is 37.9 Å². The molecule has 0 aromatic heterocycles. The molecule has 0 fully saturated rings. The average molecular weight is 935 g/mol. The largest absolute Gasteiger partial charge is 0.462 e. The van der Waals surface area contributed by atoms with Crippen LogP contribution in [-0.2, 0) is 23.8 Å². The first-order valence-corrected chi connectivity index (χ1v) is 27.0. The number of hydrogen-bond donors (Lipinski definition) is 0. The van der Waals surface area contributed by atoms with Gasteiger partial charge >= 0.3 is 11.9 Å². The van der Waals surface area contributed by atoms with Crippen molar-refractivity contribution in [2.75, 3.05) is 19.8 Å². The van der Waals surface area contributed by atoms with Crippen molar-refractivity contribution in [1.29, 1.82) is 0 Å². The fourth-order valence-electron chi connectivity index (χ4n) is 6.67. The molecule has 0 heterocycles. The zero-order chi connectivity index (χ0) is 49.2. The summed E-state index contributed by atoms with van der Waals surface area (Å²) >= 11 is 0. The first kappa shape index (κ1) is 63.5. The van der Waals surface area contributed by atoms with Gasteiger partial charge < -0.3 is 14.2 Å². The Bertz CT molecular complexity index is 1520. The zero-order valence-corrected chi connectivity index (χ0v) is 43.6. The van der Waals surface area contributed by atoms with Crippen molar-refractivity contribution in [3.05, 3.63) is 158 Å². The number of allylic oxidation sites excluding steroid dienone is 25. The van der Waals surface area contributed by atoms with E-state index in [1.807, 2.05) is 0 Å². The van der Waals surface area contributed by atoms with E-state index in [4.69, 9.17) is 14.2 Å². The van der Waals surface area contributed by atoms with Gasteiger partial charge in [0, 0.05) is 12.8 Å². The topological polar surface area (TPSA) is 61.8 Å². The number of esters is 2. The van der Waals surface area contributed by atoms with Gasteiger partial charge in [-0.05, 0) is 128 Å². The number of ether oxygens (including phenoxy) is 3. The summed E-state index contributed by atoms with van der Waals surface area (Å²) in [5.41, 5.74) is 0. The fraction of sp³-hybridized carbons (Fsp3) is 0.556. The third-order valence-corrected chi connectivity index (χ3v) is 10.6. The molecule has 0 amide bonds. The zero-order valence-electron chi connectivity index (χ0n) is 43.6. The van der Waals surface area contributed by atoms with Crippen LogP contribution in [0, 0.1) is 0 Å².